The van der Waals surface area contributed by atoms with Gasteiger partial charge in [-0.15, -0.1) is 0 Å². The van der Waals surface area contributed by atoms with Gasteiger partial charge in [-0.05, 0) is 50.3 Å². The van der Waals surface area contributed by atoms with Crippen LogP contribution in [0.3, 0.4) is 0 Å². The number of carbonyl (C=O) groups is 2. The summed E-state index contributed by atoms with van der Waals surface area (Å²) in [4.78, 5) is 29.4. The number of benzene rings is 1. The molecule has 4 rings (SSSR count). The normalized spacial score (nSPS) is 19.0. The number of hydrogen-bond donors (Lipinski definition) is 1. The van der Waals surface area contributed by atoms with Crippen molar-refractivity contribution in [1.29, 1.82) is 0 Å². The van der Waals surface area contributed by atoms with Gasteiger partial charge >= 0.3 is 0 Å². The minimum absolute atomic E-state index is 0.0891. The summed E-state index contributed by atoms with van der Waals surface area (Å²) in [5.41, 5.74) is 3.06. The van der Waals surface area contributed by atoms with E-state index in [9.17, 15) is 9.59 Å². The van der Waals surface area contributed by atoms with Crippen LogP contribution in [0.2, 0.25) is 0 Å². The minimum Gasteiger partial charge on any atom is -0.372 e. The Balaban J connectivity index is 1.30. The van der Waals surface area contributed by atoms with Crippen molar-refractivity contribution in [1.82, 2.24) is 15.4 Å². The Morgan fingerprint density at radius 2 is 1.90 bits per heavy atom. The molecule has 29 heavy (non-hydrogen) atoms. The fraction of sp³-hybridized carbons (Fsp3) is 0.500. The summed E-state index contributed by atoms with van der Waals surface area (Å²) < 4.78 is 5.14. The Hall–Kier alpha value is -2.83. The van der Waals surface area contributed by atoms with Gasteiger partial charge in [-0.2, -0.15) is 0 Å². The SMILES string of the molecule is Cc1cc(CC(=O)N2CCC[C@H]2C(=O)NCc2ccc(N3CCCC3)cc2)on1. The zero-order valence-corrected chi connectivity index (χ0v) is 16.9. The van der Waals surface area contributed by atoms with E-state index in [2.05, 4.69) is 39.6 Å². The van der Waals surface area contributed by atoms with Crippen molar-refractivity contribution in [3.8, 4) is 0 Å². The minimum atomic E-state index is -0.407. The maximum Gasteiger partial charge on any atom is 0.243 e. The molecule has 1 aromatic heterocycles. The van der Waals surface area contributed by atoms with Gasteiger partial charge in [0.2, 0.25) is 11.8 Å². The summed E-state index contributed by atoms with van der Waals surface area (Å²) >= 11 is 0. The van der Waals surface area contributed by atoms with Crippen molar-refractivity contribution in [2.75, 3.05) is 24.5 Å². The Bertz CT molecular complexity index is 855. The summed E-state index contributed by atoms with van der Waals surface area (Å²) in [6.45, 7) is 5.14. The lowest BCUT2D eigenvalue weighted by atomic mass is 10.1. The zero-order chi connectivity index (χ0) is 20.2. The van der Waals surface area contributed by atoms with Gasteiger partial charge in [-0.1, -0.05) is 17.3 Å². The number of rotatable bonds is 6. The summed E-state index contributed by atoms with van der Waals surface area (Å²) in [5.74, 6) is 0.360. The molecular weight excluding hydrogens is 368 g/mol. The molecule has 2 aliphatic rings. The molecule has 0 bridgehead atoms. The van der Waals surface area contributed by atoms with Crippen LogP contribution in [0.1, 0.15) is 42.7 Å². The predicted molar refractivity (Wildman–Crippen MR) is 109 cm³/mol. The highest BCUT2D eigenvalue weighted by Crippen LogP contribution is 2.21. The quantitative estimate of drug-likeness (QED) is 0.811. The molecule has 2 amide bonds. The molecule has 7 nitrogen and oxygen atoms in total. The fourth-order valence-corrected chi connectivity index (χ4v) is 4.19. The second-order valence-electron chi connectivity index (χ2n) is 7.93. The number of aryl methyl sites for hydroxylation is 1. The largest absolute Gasteiger partial charge is 0.372 e. The molecule has 2 aromatic rings. The third kappa shape index (κ3) is 4.60. The van der Waals surface area contributed by atoms with Crippen molar-refractivity contribution in [2.45, 2.75) is 51.6 Å². The van der Waals surface area contributed by atoms with Gasteiger partial charge in [0, 0.05) is 37.9 Å². The number of nitrogens with one attached hydrogen (secondary N) is 1. The summed E-state index contributed by atoms with van der Waals surface area (Å²) in [6, 6.07) is 9.73. The molecule has 0 unspecified atom stereocenters. The molecule has 0 radical (unpaired) electrons. The first-order chi connectivity index (χ1) is 14.1. The van der Waals surface area contributed by atoms with E-state index in [0.717, 1.165) is 30.8 Å². The molecule has 2 fully saturated rings. The monoisotopic (exact) mass is 396 g/mol. The summed E-state index contributed by atoms with van der Waals surface area (Å²) in [5, 5.41) is 6.82. The first-order valence-electron chi connectivity index (χ1n) is 10.4. The van der Waals surface area contributed by atoms with Crippen LogP contribution in [-0.2, 0) is 22.6 Å². The number of likely N-dealkylation sites (tertiary alicyclic amines) is 1. The first-order valence-corrected chi connectivity index (χ1v) is 10.4. The second-order valence-corrected chi connectivity index (χ2v) is 7.93. The average molecular weight is 396 g/mol. The molecule has 1 N–H and O–H groups in total. The van der Waals surface area contributed by atoms with Crippen LogP contribution in [-0.4, -0.2) is 47.5 Å². The van der Waals surface area contributed by atoms with Crippen molar-refractivity contribution in [3.63, 3.8) is 0 Å². The zero-order valence-electron chi connectivity index (χ0n) is 16.9. The van der Waals surface area contributed by atoms with E-state index in [1.807, 2.05) is 6.92 Å². The highest BCUT2D eigenvalue weighted by Gasteiger charge is 2.34. The van der Waals surface area contributed by atoms with E-state index < -0.39 is 6.04 Å². The summed E-state index contributed by atoms with van der Waals surface area (Å²) in [6.07, 6.45) is 4.18. The molecule has 0 aliphatic carbocycles. The van der Waals surface area contributed by atoms with Crippen LogP contribution < -0.4 is 10.2 Å². The maximum absolute atomic E-state index is 12.7. The highest BCUT2D eigenvalue weighted by atomic mass is 16.5. The molecule has 1 aromatic carbocycles. The van der Waals surface area contributed by atoms with Gasteiger partial charge in [0.1, 0.15) is 11.8 Å². The van der Waals surface area contributed by atoms with Crippen molar-refractivity contribution in [2.24, 2.45) is 0 Å². The van der Waals surface area contributed by atoms with E-state index in [0.29, 0.717) is 25.3 Å². The van der Waals surface area contributed by atoms with Crippen LogP contribution >= 0.6 is 0 Å². The molecular formula is C22H28N4O3. The highest BCUT2D eigenvalue weighted by molar-refractivity contribution is 5.88. The third-order valence-electron chi connectivity index (χ3n) is 5.75. The summed E-state index contributed by atoms with van der Waals surface area (Å²) in [7, 11) is 0. The number of amides is 2. The first kappa shape index (κ1) is 19.5. The Morgan fingerprint density at radius 1 is 1.14 bits per heavy atom. The van der Waals surface area contributed by atoms with Crippen LogP contribution in [0.5, 0.6) is 0 Å². The molecule has 2 aliphatic heterocycles. The molecule has 1 atom stereocenters. The maximum atomic E-state index is 12.7. The number of anilines is 1. The molecule has 0 spiro atoms. The van der Waals surface area contributed by atoms with Crippen LogP contribution in [0.25, 0.3) is 0 Å². The van der Waals surface area contributed by atoms with Gasteiger partial charge in [-0.25, -0.2) is 0 Å². The Morgan fingerprint density at radius 3 is 2.59 bits per heavy atom. The lowest BCUT2D eigenvalue weighted by molar-refractivity contribution is -0.138. The Labute approximate surface area is 171 Å². The number of nitrogens with zero attached hydrogens (tertiary/aromatic N) is 3. The van der Waals surface area contributed by atoms with Gasteiger partial charge < -0.3 is 19.6 Å². The van der Waals surface area contributed by atoms with Gasteiger partial charge in [0.25, 0.3) is 0 Å². The Kier molecular flexibility index (Phi) is 5.83. The van der Waals surface area contributed by atoms with Gasteiger partial charge in [0.15, 0.2) is 0 Å². The van der Waals surface area contributed by atoms with Crippen LogP contribution in [0.4, 0.5) is 5.69 Å². The van der Waals surface area contributed by atoms with Gasteiger partial charge in [-0.3, -0.25) is 9.59 Å². The number of aromatic nitrogens is 1. The predicted octanol–water partition coefficient (Wildman–Crippen LogP) is 2.43. The molecule has 7 heteroatoms. The fourth-order valence-electron chi connectivity index (χ4n) is 4.19. The number of carbonyl (C=O) groups excluding carboxylic acids is 2. The molecule has 0 saturated carbocycles. The van der Waals surface area contributed by atoms with E-state index in [4.69, 9.17) is 4.52 Å². The molecule has 2 saturated heterocycles. The topological polar surface area (TPSA) is 78.7 Å². The van der Waals surface area contributed by atoms with E-state index in [-0.39, 0.29) is 18.2 Å². The second kappa shape index (κ2) is 8.68. The van der Waals surface area contributed by atoms with Gasteiger partial charge in [0.05, 0.1) is 12.1 Å². The van der Waals surface area contributed by atoms with Crippen LogP contribution in [0.15, 0.2) is 34.9 Å². The standard InChI is InChI=1S/C22H28N4O3/c1-16-13-19(29-24-16)14-21(27)26-12-4-5-20(26)22(28)23-15-17-6-8-18(9-7-17)25-10-2-3-11-25/h6-9,13,20H,2-5,10-12,14-15H2,1H3,(H,23,28)/t20-/m0/s1. The van der Waals surface area contributed by atoms with Crippen molar-refractivity contribution in [3.05, 3.63) is 47.3 Å². The van der Waals surface area contributed by atoms with Crippen LogP contribution in [0, 0.1) is 6.92 Å². The molecule has 154 valence electrons. The van der Waals surface area contributed by atoms with E-state index >= 15 is 0 Å². The van der Waals surface area contributed by atoms with E-state index in [1.54, 1.807) is 11.0 Å². The van der Waals surface area contributed by atoms with Crippen molar-refractivity contribution < 1.29 is 14.1 Å². The average Bonchev–Trinajstić information content (AvgIpc) is 3.48. The number of hydrogen-bond acceptors (Lipinski definition) is 5. The molecule has 3 heterocycles. The van der Waals surface area contributed by atoms with Crippen molar-refractivity contribution >= 4 is 17.5 Å². The lowest BCUT2D eigenvalue weighted by Gasteiger charge is -2.23. The lowest BCUT2D eigenvalue weighted by Crippen LogP contribution is -2.46. The smallest absolute Gasteiger partial charge is 0.243 e. The third-order valence-corrected chi connectivity index (χ3v) is 5.75. The van der Waals surface area contributed by atoms with E-state index in [1.165, 1.54) is 18.5 Å².